The Labute approximate surface area is 132 Å². The van der Waals surface area contributed by atoms with Crippen LogP contribution < -0.4 is 0 Å². The van der Waals surface area contributed by atoms with Gasteiger partial charge < -0.3 is 0 Å². The Morgan fingerprint density at radius 3 is 2.45 bits per heavy atom. The fourth-order valence-electron chi connectivity index (χ4n) is 2.03. The average molecular weight is 361 g/mol. The molecule has 1 aromatic carbocycles. The van der Waals surface area contributed by atoms with Crippen LogP contribution in [0.1, 0.15) is 39.7 Å². The van der Waals surface area contributed by atoms with E-state index < -0.39 is 16.2 Å². The molecule has 0 radical (unpaired) electrons. The van der Waals surface area contributed by atoms with E-state index in [1.54, 1.807) is 18.2 Å². The molecule has 1 rings (SSSR count). The molecule has 0 aliphatic heterocycles. The van der Waals surface area contributed by atoms with Gasteiger partial charge in [-0.25, -0.2) is 4.39 Å². The second kappa shape index (κ2) is 6.52. The molecule has 0 aliphatic carbocycles. The summed E-state index contributed by atoms with van der Waals surface area (Å²) in [5.41, 5.74) is 0.0673. The van der Waals surface area contributed by atoms with Gasteiger partial charge in [0.1, 0.15) is 5.82 Å². The molecule has 20 heavy (non-hydrogen) atoms. The van der Waals surface area contributed by atoms with Gasteiger partial charge in [0.15, 0.2) is 0 Å². The van der Waals surface area contributed by atoms with E-state index in [9.17, 15) is 8.60 Å². The van der Waals surface area contributed by atoms with E-state index >= 15 is 0 Å². The van der Waals surface area contributed by atoms with Gasteiger partial charge in [-0.05, 0) is 51.0 Å². The summed E-state index contributed by atoms with van der Waals surface area (Å²) in [6, 6.07) is 4.90. The molecule has 0 N–H and O–H groups in total. The summed E-state index contributed by atoms with van der Waals surface area (Å²) in [6.45, 7) is 11.5. The molecule has 0 amide bonds. The lowest BCUT2D eigenvalue weighted by molar-refractivity contribution is 0.488. The lowest BCUT2D eigenvalue weighted by atomic mass is 9.81. The lowest BCUT2D eigenvalue weighted by Crippen LogP contribution is -2.36. The molecule has 0 unspecified atom stereocenters. The summed E-state index contributed by atoms with van der Waals surface area (Å²) < 4.78 is 27.2. The third-order valence-electron chi connectivity index (χ3n) is 3.31. The highest BCUT2D eigenvalue weighted by Crippen LogP contribution is 2.34. The molecule has 1 nitrogen and oxygen atoms in total. The fraction of sp³-hybridized carbons (Fsp3) is 0.500. The highest BCUT2D eigenvalue weighted by molar-refractivity contribution is 9.10. The predicted octanol–water partition coefficient (Wildman–Crippen LogP) is 4.97. The van der Waals surface area contributed by atoms with Crippen molar-refractivity contribution in [3.05, 3.63) is 46.7 Å². The Morgan fingerprint density at radius 2 is 1.95 bits per heavy atom. The maximum absolute atomic E-state index is 14.2. The van der Waals surface area contributed by atoms with Gasteiger partial charge in [0.25, 0.3) is 0 Å². The Hall–Kier alpha value is -0.480. The van der Waals surface area contributed by atoms with E-state index in [4.69, 9.17) is 0 Å². The third-order valence-corrected chi connectivity index (χ3v) is 6.06. The summed E-state index contributed by atoms with van der Waals surface area (Å²) in [7, 11) is -1.05. The second-order valence-electron chi connectivity index (χ2n) is 6.28. The second-order valence-corrected chi connectivity index (χ2v) is 9.40. The lowest BCUT2D eigenvalue weighted by Gasteiger charge is -2.32. The van der Waals surface area contributed by atoms with Crippen molar-refractivity contribution in [1.29, 1.82) is 0 Å². The van der Waals surface area contributed by atoms with Crippen molar-refractivity contribution < 1.29 is 8.60 Å². The van der Waals surface area contributed by atoms with Gasteiger partial charge in [-0.3, -0.25) is 4.21 Å². The predicted molar refractivity (Wildman–Crippen MR) is 89.0 cm³/mol. The van der Waals surface area contributed by atoms with Crippen LogP contribution in [0.3, 0.4) is 0 Å². The first-order chi connectivity index (χ1) is 9.10. The minimum atomic E-state index is -1.05. The molecular formula is C16H22BrFOS. The van der Waals surface area contributed by atoms with Crippen LogP contribution in [0, 0.1) is 5.82 Å². The summed E-state index contributed by atoms with van der Waals surface area (Å²) in [5.74, 6) is 0.152. The Bertz CT molecular complexity index is 522. The van der Waals surface area contributed by atoms with E-state index in [1.807, 2.05) is 27.7 Å². The van der Waals surface area contributed by atoms with Crippen molar-refractivity contribution in [1.82, 2.24) is 0 Å². The molecule has 0 aliphatic rings. The van der Waals surface area contributed by atoms with Gasteiger partial charge in [0, 0.05) is 31.2 Å². The van der Waals surface area contributed by atoms with Crippen molar-refractivity contribution in [2.75, 3.05) is 5.75 Å². The SMILES string of the molecule is C=CC[C@](C)(C[S@](=O)C(C)(C)C)c1cc(Br)ccc1F. The van der Waals surface area contributed by atoms with Crippen LogP contribution in [-0.4, -0.2) is 14.7 Å². The topological polar surface area (TPSA) is 17.1 Å². The quantitative estimate of drug-likeness (QED) is 0.677. The van der Waals surface area contributed by atoms with Crippen LogP contribution in [-0.2, 0) is 16.2 Å². The van der Waals surface area contributed by atoms with Gasteiger partial charge in [0.05, 0.1) is 0 Å². The van der Waals surface area contributed by atoms with E-state index in [0.29, 0.717) is 17.7 Å². The zero-order valence-corrected chi connectivity index (χ0v) is 14.9. The highest BCUT2D eigenvalue weighted by Gasteiger charge is 2.34. The molecule has 0 heterocycles. The fourth-order valence-corrected chi connectivity index (χ4v) is 3.68. The van der Waals surface area contributed by atoms with Gasteiger partial charge in [-0.15, -0.1) is 6.58 Å². The number of allylic oxidation sites excluding steroid dienone is 1. The maximum atomic E-state index is 14.2. The van der Waals surface area contributed by atoms with Crippen LogP contribution in [0.2, 0.25) is 0 Å². The van der Waals surface area contributed by atoms with Gasteiger partial charge in [-0.2, -0.15) is 0 Å². The molecule has 0 saturated heterocycles. The minimum absolute atomic E-state index is 0.261. The van der Waals surface area contributed by atoms with E-state index in [2.05, 4.69) is 22.5 Å². The molecule has 4 heteroatoms. The zero-order chi connectivity index (χ0) is 15.6. The van der Waals surface area contributed by atoms with Crippen LogP contribution in [0.15, 0.2) is 35.3 Å². The molecule has 2 atom stereocenters. The maximum Gasteiger partial charge on any atom is 0.127 e. The van der Waals surface area contributed by atoms with Crippen LogP contribution in [0.25, 0.3) is 0 Å². The van der Waals surface area contributed by atoms with Crippen molar-refractivity contribution in [2.45, 2.75) is 44.3 Å². The Morgan fingerprint density at radius 1 is 1.35 bits per heavy atom. The van der Waals surface area contributed by atoms with Gasteiger partial charge in [0.2, 0.25) is 0 Å². The molecule has 112 valence electrons. The van der Waals surface area contributed by atoms with Gasteiger partial charge in [-0.1, -0.05) is 28.9 Å². The standard InChI is InChI=1S/C16H22BrFOS/c1-6-9-16(5,11-20(19)15(2,3)4)13-10-12(17)7-8-14(13)18/h6-8,10H,1,9,11H2,2-5H3/t16-,20+/m1/s1. The molecular weight excluding hydrogens is 339 g/mol. The molecule has 0 fully saturated rings. The number of benzene rings is 1. The van der Waals surface area contributed by atoms with Gasteiger partial charge >= 0.3 is 0 Å². The largest absolute Gasteiger partial charge is 0.259 e. The Balaban J connectivity index is 3.24. The first kappa shape index (κ1) is 17.6. The van der Waals surface area contributed by atoms with Crippen LogP contribution >= 0.6 is 15.9 Å². The first-order valence-electron chi connectivity index (χ1n) is 6.55. The minimum Gasteiger partial charge on any atom is -0.259 e. The summed E-state index contributed by atoms with van der Waals surface area (Å²) in [4.78, 5) is 0. The van der Waals surface area contributed by atoms with E-state index in [0.717, 1.165) is 4.47 Å². The van der Waals surface area contributed by atoms with Crippen molar-refractivity contribution in [3.8, 4) is 0 Å². The van der Waals surface area contributed by atoms with E-state index in [-0.39, 0.29) is 10.6 Å². The molecule has 0 saturated carbocycles. The third kappa shape index (κ3) is 4.26. The van der Waals surface area contributed by atoms with Crippen LogP contribution in [0.4, 0.5) is 4.39 Å². The molecule has 0 aromatic heterocycles. The monoisotopic (exact) mass is 360 g/mol. The highest BCUT2D eigenvalue weighted by atomic mass is 79.9. The van der Waals surface area contributed by atoms with Crippen LogP contribution in [0.5, 0.6) is 0 Å². The first-order valence-corrected chi connectivity index (χ1v) is 8.66. The smallest absolute Gasteiger partial charge is 0.127 e. The molecule has 0 bridgehead atoms. The average Bonchev–Trinajstić information content (AvgIpc) is 2.31. The number of rotatable bonds is 5. The van der Waals surface area contributed by atoms with E-state index in [1.165, 1.54) is 6.07 Å². The summed E-state index contributed by atoms with van der Waals surface area (Å²) in [5, 5.41) is 0. The number of hydrogen-bond acceptors (Lipinski definition) is 1. The zero-order valence-electron chi connectivity index (χ0n) is 12.5. The normalized spacial score (nSPS) is 16.5. The Kier molecular flexibility index (Phi) is 5.73. The van der Waals surface area contributed by atoms with Crippen molar-refractivity contribution in [3.63, 3.8) is 0 Å². The number of hydrogen-bond donors (Lipinski definition) is 0. The summed E-state index contributed by atoms with van der Waals surface area (Å²) >= 11 is 3.38. The van der Waals surface area contributed by atoms with Crippen molar-refractivity contribution in [2.24, 2.45) is 0 Å². The molecule has 0 spiro atoms. The number of halogens is 2. The van der Waals surface area contributed by atoms with Crippen molar-refractivity contribution >= 4 is 26.7 Å². The molecule has 1 aromatic rings. The summed E-state index contributed by atoms with van der Waals surface area (Å²) in [6.07, 6.45) is 2.35.